The van der Waals surface area contributed by atoms with Gasteiger partial charge in [0.2, 0.25) is 0 Å². The highest BCUT2D eigenvalue weighted by Crippen LogP contribution is 2.35. The topological polar surface area (TPSA) is 63.7 Å². The van der Waals surface area contributed by atoms with Crippen molar-refractivity contribution >= 4 is 34.9 Å². The Labute approximate surface area is 120 Å². The molecule has 0 spiro atoms. The quantitative estimate of drug-likeness (QED) is 0.486. The number of methoxy groups -OCH3 is 1. The van der Waals surface area contributed by atoms with E-state index in [-0.39, 0.29) is 12.1 Å². The number of rotatable bonds is 3. The zero-order valence-electron chi connectivity index (χ0n) is 11.0. The number of benzene rings is 1. The molecule has 0 N–H and O–H groups in total. The zero-order valence-corrected chi connectivity index (χ0v) is 11.7. The van der Waals surface area contributed by atoms with Gasteiger partial charge in [-0.25, -0.2) is 4.79 Å². The summed E-state index contributed by atoms with van der Waals surface area (Å²) in [6.07, 6.45) is 1.52. The third-order valence-corrected chi connectivity index (χ3v) is 3.33. The summed E-state index contributed by atoms with van der Waals surface area (Å²) in [6.45, 7) is 1.66. The Morgan fingerprint density at radius 1 is 1.40 bits per heavy atom. The van der Waals surface area contributed by atoms with E-state index in [0.29, 0.717) is 16.3 Å². The second kappa shape index (κ2) is 5.46. The number of carbonyl (C=O) groups is 3. The molecule has 20 heavy (non-hydrogen) atoms. The van der Waals surface area contributed by atoms with Crippen molar-refractivity contribution in [2.45, 2.75) is 6.92 Å². The number of ketones is 1. The molecule has 0 fully saturated rings. The van der Waals surface area contributed by atoms with E-state index >= 15 is 0 Å². The molecule has 1 amide bonds. The standard InChI is InChI=1S/C14H12ClNO4/c1-8(14(19)20-2)6-7-16-11-9(12(17)13(16)18)4-3-5-10(11)15/h3-6H,7H2,1-2H3. The summed E-state index contributed by atoms with van der Waals surface area (Å²) in [5, 5.41) is 0.325. The maximum Gasteiger partial charge on any atom is 0.333 e. The second-order valence-corrected chi connectivity index (χ2v) is 4.67. The van der Waals surface area contributed by atoms with Gasteiger partial charge in [0, 0.05) is 12.1 Å². The molecule has 1 aliphatic heterocycles. The van der Waals surface area contributed by atoms with Crippen LogP contribution in [0.3, 0.4) is 0 Å². The summed E-state index contributed by atoms with van der Waals surface area (Å²) in [5.41, 5.74) is 1.03. The summed E-state index contributed by atoms with van der Waals surface area (Å²) < 4.78 is 4.56. The maximum absolute atomic E-state index is 11.9. The van der Waals surface area contributed by atoms with E-state index in [1.165, 1.54) is 18.1 Å². The van der Waals surface area contributed by atoms with Crippen LogP contribution in [0.2, 0.25) is 5.02 Å². The van der Waals surface area contributed by atoms with Gasteiger partial charge in [0.05, 0.1) is 23.4 Å². The molecule has 1 aromatic carbocycles. The molecule has 0 saturated carbocycles. The first kappa shape index (κ1) is 14.3. The molecular weight excluding hydrogens is 282 g/mol. The minimum atomic E-state index is -0.651. The Hall–Kier alpha value is -2.14. The third kappa shape index (κ3) is 2.32. The van der Waals surface area contributed by atoms with Crippen molar-refractivity contribution in [3.8, 4) is 0 Å². The lowest BCUT2D eigenvalue weighted by Crippen LogP contribution is -2.30. The van der Waals surface area contributed by atoms with E-state index < -0.39 is 17.7 Å². The molecule has 0 unspecified atom stereocenters. The molecule has 0 aromatic heterocycles. The van der Waals surface area contributed by atoms with E-state index in [1.807, 2.05) is 0 Å². The van der Waals surface area contributed by atoms with Gasteiger partial charge in [-0.1, -0.05) is 23.7 Å². The maximum atomic E-state index is 11.9. The van der Waals surface area contributed by atoms with Crippen LogP contribution in [0.15, 0.2) is 29.8 Å². The van der Waals surface area contributed by atoms with Crippen LogP contribution < -0.4 is 4.90 Å². The summed E-state index contributed by atoms with van der Waals surface area (Å²) in [4.78, 5) is 36.3. The van der Waals surface area contributed by atoms with Gasteiger partial charge in [-0.05, 0) is 19.1 Å². The number of para-hydroxylation sites is 1. The smallest absolute Gasteiger partial charge is 0.333 e. The van der Waals surface area contributed by atoms with Crippen LogP contribution in [0.4, 0.5) is 5.69 Å². The summed E-state index contributed by atoms with van der Waals surface area (Å²) in [6, 6.07) is 4.78. The lowest BCUT2D eigenvalue weighted by molar-refractivity contribution is -0.136. The van der Waals surface area contributed by atoms with Gasteiger partial charge in [0.25, 0.3) is 11.7 Å². The summed E-state index contributed by atoms with van der Waals surface area (Å²) >= 11 is 6.04. The number of Topliss-reactive ketones (excluding diaryl/α,β-unsaturated/α-hetero) is 1. The number of halogens is 1. The molecule has 1 heterocycles. The number of hydrogen-bond donors (Lipinski definition) is 0. The van der Waals surface area contributed by atoms with Gasteiger partial charge >= 0.3 is 5.97 Å². The van der Waals surface area contributed by atoms with Gasteiger partial charge in [0.15, 0.2) is 0 Å². The summed E-state index contributed by atoms with van der Waals surface area (Å²) in [7, 11) is 1.27. The molecule has 2 rings (SSSR count). The average Bonchev–Trinajstić information content (AvgIpc) is 2.69. The number of carbonyl (C=O) groups excluding carboxylic acids is 3. The van der Waals surface area contributed by atoms with Crippen molar-refractivity contribution in [2.75, 3.05) is 18.6 Å². The van der Waals surface area contributed by atoms with Gasteiger partial charge in [-0.3, -0.25) is 14.5 Å². The Balaban J connectivity index is 2.33. The molecule has 0 atom stereocenters. The second-order valence-electron chi connectivity index (χ2n) is 4.26. The average molecular weight is 294 g/mol. The Bertz CT molecular complexity index is 636. The Morgan fingerprint density at radius 2 is 2.10 bits per heavy atom. The predicted octanol–water partition coefficient (Wildman–Crippen LogP) is 1.99. The number of hydrogen-bond acceptors (Lipinski definition) is 4. The van der Waals surface area contributed by atoms with Gasteiger partial charge in [-0.2, -0.15) is 0 Å². The molecule has 0 bridgehead atoms. The molecule has 6 heteroatoms. The number of ether oxygens (including phenoxy) is 1. The van der Waals surface area contributed by atoms with Gasteiger partial charge in [0.1, 0.15) is 0 Å². The van der Waals surface area contributed by atoms with Crippen LogP contribution in [-0.2, 0) is 14.3 Å². The highest BCUT2D eigenvalue weighted by Gasteiger charge is 2.36. The normalized spacial score (nSPS) is 14.6. The van der Waals surface area contributed by atoms with Crippen molar-refractivity contribution in [1.29, 1.82) is 0 Å². The lowest BCUT2D eigenvalue weighted by Gasteiger charge is -2.15. The fraction of sp³-hybridized carbons (Fsp3) is 0.214. The van der Waals surface area contributed by atoms with Crippen molar-refractivity contribution in [3.05, 3.63) is 40.4 Å². The fourth-order valence-corrected chi connectivity index (χ4v) is 2.24. The first-order valence-electron chi connectivity index (χ1n) is 5.87. The first-order chi connectivity index (χ1) is 9.47. The lowest BCUT2D eigenvalue weighted by atomic mass is 10.1. The van der Waals surface area contributed by atoms with E-state index in [2.05, 4.69) is 4.74 Å². The fourth-order valence-electron chi connectivity index (χ4n) is 1.96. The van der Waals surface area contributed by atoms with Crippen LogP contribution in [-0.4, -0.2) is 31.3 Å². The Kier molecular flexibility index (Phi) is 3.90. The molecular formula is C14H12ClNO4. The molecule has 0 radical (unpaired) electrons. The number of nitrogens with zero attached hydrogens (tertiary/aromatic N) is 1. The minimum absolute atomic E-state index is 0.0856. The monoisotopic (exact) mass is 293 g/mol. The van der Waals surface area contributed by atoms with Crippen LogP contribution in [0.25, 0.3) is 0 Å². The van der Waals surface area contributed by atoms with Crippen molar-refractivity contribution in [3.63, 3.8) is 0 Å². The number of anilines is 1. The van der Waals surface area contributed by atoms with Crippen LogP contribution in [0, 0.1) is 0 Å². The van der Waals surface area contributed by atoms with E-state index in [4.69, 9.17) is 11.6 Å². The van der Waals surface area contributed by atoms with E-state index in [1.54, 1.807) is 25.1 Å². The van der Waals surface area contributed by atoms with Crippen molar-refractivity contribution in [2.24, 2.45) is 0 Å². The van der Waals surface area contributed by atoms with Gasteiger partial charge < -0.3 is 4.74 Å². The largest absolute Gasteiger partial charge is 0.466 e. The molecule has 5 nitrogen and oxygen atoms in total. The zero-order chi connectivity index (χ0) is 14.9. The van der Waals surface area contributed by atoms with Crippen LogP contribution in [0.1, 0.15) is 17.3 Å². The van der Waals surface area contributed by atoms with Crippen molar-refractivity contribution < 1.29 is 19.1 Å². The summed E-state index contributed by atoms with van der Waals surface area (Å²) in [5.74, 6) is -1.73. The van der Waals surface area contributed by atoms with E-state index in [0.717, 1.165) is 0 Å². The minimum Gasteiger partial charge on any atom is -0.466 e. The Morgan fingerprint density at radius 3 is 2.75 bits per heavy atom. The van der Waals surface area contributed by atoms with E-state index in [9.17, 15) is 14.4 Å². The number of fused-ring (bicyclic) bond motifs is 1. The molecule has 1 aromatic rings. The van der Waals surface area contributed by atoms with Gasteiger partial charge in [-0.15, -0.1) is 0 Å². The molecule has 1 aliphatic rings. The highest BCUT2D eigenvalue weighted by molar-refractivity contribution is 6.54. The van der Waals surface area contributed by atoms with Crippen LogP contribution >= 0.6 is 11.6 Å². The molecule has 0 saturated heterocycles. The van der Waals surface area contributed by atoms with Crippen LogP contribution in [0.5, 0.6) is 0 Å². The molecule has 0 aliphatic carbocycles. The molecule has 104 valence electrons. The number of amides is 1. The number of esters is 1. The SMILES string of the molecule is COC(=O)C(C)=CCN1C(=O)C(=O)c2cccc(Cl)c21. The first-order valence-corrected chi connectivity index (χ1v) is 6.25. The predicted molar refractivity (Wildman–Crippen MR) is 73.9 cm³/mol. The third-order valence-electron chi connectivity index (χ3n) is 3.03. The van der Waals surface area contributed by atoms with Crippen molar-refractivity contribution in [1.82, 2.24) is 0 Å². The highest BCUT2D eigenvalue weighted by atomic mass is 35.5.